The van der Waals surface area contributed by atoms with Gasteiger partial charge in [0.05, 0.1) is 17.8 Å². The van der Waals surface area contributed by atoms with Crippen molar-refractivity contribution in [3.8, 4) is 16.9 Å². The minimum absolute atomic E-state index is 0.0714. The SMILES string of the molecule is Cc1ccc(-c2c(C)c3c(c(C)c2[C@H](OC(C)(C)C)C(=O)O)CN(C(=O)c2cccc4c2OCC4)C3)cc1. The number of carbonyl (C=O) groups excluding carboxylic acids is 1. The van der Waals surface area contributed by atoms with E-state index in [2.05, 4.69) is 0 Å². The maximum Gasteiger partial charge on any atom is 0.337 e. The number of hydrogen-bond donors (Lipinski definition) is 1. The minimum atomic E-state index is -1.15. The molecule has 1 atom stereocenters. The van der Waals surface area contributed by atoms with Gasteiger partial charge in [-0.05, 0) is 86.6 Å². The molecule has 5 rings (SSSR count). The number of hydrogen-bond acceptors (Lipinski definition) is 4. The molecule has 2 aliphatic heterocycles. The lowest BCUT2D eigenvalue weighted by atomic mass is 9.83. The molecule has 198 valence electrons. The first-order valence-corrected chi connectivity index (χ1v) is 13.1. The van der Waals surface area contributed by atoms with Crippen LogP contribution in [0.1, 0.15) is 76.2 Å². The standard InChI is InChI=1S/C32H35NO5/c1-18-10-12-21(13-11-18)26-19(2)24-16-33(30(34)23-9-7-8-22-14-15-37-28(22)23)17-25(24)20(3)27(26)29(31(35)36)38-32(4,5)6/h7-13,29H,14-17H2,1-6H3,(H,35,36)/t29-/m0/s1. The second kappa shape index (κ2) is 9.59. The van der Waals surface area contributed by atoms with Crippen molar-refractivity contribution < 1.29 is 24.2 Å². The summed E-state index contributed by atoms with van der Waals surface area (Å²) in [4.78, 5) is 28.2. The maximum absolute atomic E-state index is 13.7. The molecule has 6 nitrogen and oxygen atoms in total. The summed E-state index contributed by atoms with van der Waals surface area (Å²) >= 11 is 0. The Morgan fingerprint density at radius 3 is 2.26 bits per heavy atom. The Labute approximate surface area is 224 Å². The van der Waals surface area contributed by atoms with Crippen molar-refractivity contribution in [2.45, 2.75) is 72.8 Å². The smallest absolute Gasteiger partial charge is 0.337 e. The topological polar surface area (TPSA) is 76.1 Å². The van der Waals surface area contributed by atoms with Crippen LogP contribution in [0.4, 0.5) is 0 Å². The molecule has 1 N–H and O–H groups in total. The molecule has 2 aliphatic rings. The average molecular weight is 514 g/mol. The van der Waals surface area contributed by atoms with Crippen LogP contribution in [0, 0.1) is 20.8 Å². The second-order valence-electron chi connectivity index (χ2n) is 11.4. The van der Waals surface area contributed by atoms with Gasteiger partial charge in [0, 0.05) is 25.1 Å². The first-order valence-electron chi connectivity index (χ1n) is 13.1. The molecule has 0 aromatic heterocycles. The minimum Gasteiger partial charge on any atom is -0.492 e. The first kappa shape index (κ1) is 26.0. The molecule has 0 saturated carbocycles. The van der Waals surface area contributed by atoms with E-state index < -0.39 is 17.7 Å². The van der Waals surface area contributed by atoms with E-state index in [1.165, 1.54) is 0 Å². The molecular weight excluding hydrogens is 478 g/mol. The number of benzene rings is 3. The summed E-state index contributed by atoms with van der Waals surface area (Å²) < 4.78 is 12.0. The van der Waals surface area contributed by atoms with Gasteiger partial charge in [0.25, 0.3) is 5.91 Å². The highest BCUT2D eigenvalue weighted by molar-refractivity contribution is 5.98. The van der Waals surface area contributed by atoms with Gasteiger partial charge in [-0.2, -0.15) is 0 Å². The predicted molar refractivity (Wildman–Crippen MR) is 147 cm³/mol. The largest absolute Gasteiger partial charge is 0.492 e. The number of carbonyl (C=O) groups is 2. The molecule has 0 unspecified atom stereocenters. The van der Waals surface area contributed by atoms with Crippen molar-refractivity contribution >= 4 is 11.9 Å². The molecule has 0 aliphatic carbocycles. The van der Waals surface area contributed by atoms with Gasteiger partial charge in [0.2, 0.25) is 0 Å². The van der Waals surface area contributed by atoms with E-state index in [9.17, 15) is 14.7 Å². The lowest BCUT2D eigenvalue weighted by molar-refractivity contribution is -0.160. The van der Waals surface area contributed by atoms with Crippen molar-refractivity contribution in [3.05, 3.63) is 87.0 Å². The van der Waals surface area contributed by atoms with Crippen LogP contribution in [0.25, 0.3) is 11.1 Å². The highest BCUT2D eigenvalue weighted by Crippen LogP contribution is 2.44. The van der Waals surface area contributed by atoms with E-state index in [1.54, 1.807) is 0 Å². The number of fused-ring (bicyclic) bond motifs is 2. The molecule has 1 amide bonds. The quantitative estimate of drug-likeness (QED) is 0.433. The Kier molecular flexibility index (Phi) is 6.56. The van der Waals surface area contributed by atoms with E-state index in [1.807, 2.05) is 88.9 Å². The lowest BCUT2D eigenvalue weighted by Gasteiger charge is -2.29. The van der Waals surface area contributed by atoms with Crippen LogP contribution in [-0.4, -0.2) is 34.1 Å². The van der Waals surface area contributed by atoms with Gasteiger partial charge in [0.15, 0.2) is 6.10 Å². The number of aliphatic carboxylic acids is 1. The summed E-state index contributed by atoms with van der Waals surface area (Å²) in [6.45, 7) is 13.1. The monoisotopic (exact) mass is 513 g/mol. The molecule has 0 fully saturated rings. The van der Waals surface area contributed by atoms with Gasteiger partial charge in [-0.15, -0.1) is 0 Å². The zero-order chi connectivity index (χ0) is 27.4. The van der Waals surface area contributed by atoms with E-state index in [0.29, 0.717) is 36.6 Å². The van der Waals surface area contributed by atoms with Crippen molar-refractivity contribution in [2.24, 2.45) is 0 Å². The normalized spacial score (nSPS) is 15.2. The fraction of sp³-hybridized carbons (Fsp3) is 0.375. The summed E-state index contributed by atoms with van der Waals surface area (Å²) in [5.74, 6) is -0.413. The van der Waals surface area contributed by atoms with Crippen LogP contribution in [-0.2, 0) is 29.0 Å². The van der Waals surface area contributed by atoms with E-state index >= 15 is 0 Å². The number of carboxylic acid groups (broad SMARTS) is 1. The zero-order valence-electron chi connectivity index (χ0n) is 23.0. The van der Waals surface area contributed by atoms with Crippen molar-refractivity contribution in [2.75, 3.05) is 6.61 Å². The van der Waals surface area contributed by atoms with Crippen LogP contribution in [0.5, 0.6) is 5.75 Å². The van der Waals surface area contributed by atoms with E-state index in [-0.39, 0.29) is 5.91 Å². The summed E-state index contributed by atoms with van der Waals surface area (Å²) in [5.41, 5.74) is 8.50. The Morgan fingerprint density at radius 1 is 0.974 bits per heavy atom. The first-order chi connectivity index (χ1) is 18.0. The molecule has 2 heterocycles. The molecule has 0 saturated heterocycles. The number of nitrogens with zero attached hydrogens (tertiary/aromatic N) is 1. The summed E-state index contributed by atoms with van der Waals surface area (Å²) in [7, 11) is 0. The summed E-state index contributed by atoms with van der Waals surface area (Å²) in [6.07, 6.45) is -0.339. The highest BCUT2D eigenvalue weighted by atomic mass is 16.5. The Bertz CT molecular complexity index is 1430. The van der Waals surface area contributed by atoms with Crippen molar-refractivity contribution in [1.82, 2.24) is 4.90 Å². The van der Waals surface area contributed by atoms with Gasteiger partial charge in [-0.1, -0.05) is 42.0 Å². The van der Waals surface area contributed by atoms with Crippen LogP contribution in [0.15, 0.2) is 42.5 Å². The summed E-state index contributed by atoms with van der Waals surface area (Å²) in [6, 6.07) is 13.9. The van der Waals surface area contributed by atoms with Gasteiger partial charge in [0.1, 0.15) is 5.75 Å². The predicted octanol–water partition coefficient (Wildman–Crippen LogP) is 6.31. The van der Waals surface area contributed by atoms with Crippen LogP contribution in [0.3, 0.4) is 0 Å². The number of para-hydroxylation sites is 1. The third-order valence-electron chi connectivity index (χ3n) is 7.55. The number of aryl methyl sites for hydroxylation is 1. The lowest BCUT2D eigenvalue weighted by Crippen LogP contribution is -2.28. The third-order valence-corrected chi connectivity index (χ3v) is 7.55. The maximum atomic E-state index is 13.7. The van der Waals surface area contributed by atoms with Crippen LogP contribution in [0.2, 0.25) is 0 Å². The van der Waals surface area contributed by atoms with Crippen LogP contribution < -0.4 is 4.74 Å². The van der Waals surface area contributed by atoms with Gasteiger partial charge < -0.3 is 19.5 Å². The van der Waals surface area contributed by atoms with Crippen molar-refractivity contribution in [1.29, 1.82) is 0 Å². The fourth-order valence-electron chi connectivity index (χ4n) is 5.73. The number of rotatable bonds is 5. The molecule has 6 heteroatoms. The number of amides is 1. The van der Waals surface area contributed by atoms with Crippen LogP contribution >= 0.6 is 0 Å². The second-order valence-corrected chi connectivity index (χ2v) is 11.4. The van der Waals surface area contributed by atoms with E-state index in [0.717, 1.165) is 50.9 Å². The molecule has 0 bridgehead atoms. The molecule has 3 aromatic carbocycles. The van der Waals surface area contributed by atoms with E-state index in [4.69, 9.17) is 9.47 Å². The summed E-state index contributed by atoms with van der Waals surface area (Å²) in [5, 5.41) is 10.3. The highest BCUT2D eigenvalue weighted by Gasteiger charge is 2.37. The Balaban J connectivity index is 1.65. The number of ether oxygens (including phenoxy) is 2. The van der Waals surface area contributed by atoms with Crippen molar-refractivity contribution in [3.63, 3.8) is 0 Å². The third kappa shape index (κ3) is 4.58. The van der Waals surface area contributed by atoms with Gasteiger partial charge in [-0.3, -0.25) is 4.79 Å². The van der Waals surface area contributed by atoms with Gasteiger partial charge >= 0.3 is 5.97 Å². The fourth-order valence-corrected chi connectivity index (χ4v) is 5.73. The molecular formula is C32H35NO5. The zero-order valence-corrected chi connectivity index (χ0v) is 23.0. The molecule has 0 radical (unpaired) electrons. The Morgan fingerprint density at radius 2 is 1.63 bits per heavy atom. The molecule has 3 aromatic rings. The Hall–Kier alpha value is -3.64. The average Bonchev–Trinajstić information content (AvgIpc) is 3.52. The molecule has 0 spiro atoms. The number of carboxylic acids is 1. The van der Waals surface area contributed by atoms with Gasteiger partial charge in [-0.25, -0.2) is 4.79 Å². The molecule has 38 heavy (non-hydrogen) atoms.